The summed E-state index contributed by atoms with van der Waals surface area (Å²) in [6, 6.07) is 11.5. The molecule has 2 N–H and O–H groups in total. The number of hydrogen-bond acceptors (Lipinski definition) is 6. The standard InChI is InChI=1S/C21H17ClFN5O3/c1-11-17(19(28-31-11)18-14(22)4-3-5-15(18)23)21(29)24-10-16-25-20(27-26-16)12-6-8-13(30-2)9-7-12/h3-9H,10H2,1-2H3,(H,24,29)(H,25,26,27). The fourth-order valence-electron chi connectivity index (χ4n) is 3.03. The number of carbonyl (C=O) groups excluding carboxylic acids is 1. The molecule has 0 spiro atoms. The topological polar surface area (TPSA) is 106 Å². The van der Waals surface area contributed by atoms with Gasteiger partial charge in [0.05, 0.1) is 24.2 Å². The quantitative estimate of drug-likeness (QED) is 0.465. The second-order valence-corrected chi connectivity index (χ2v) is 6.98. The fourth-order valence-corrected chi connectivity index (χ4v) is 3.28. The number of methoxy groups -OCH3 is 1. The molecule has 2 aromatic heterocycles. The third-order valence-corrected chi connectivity index (χ3v) is 4.90. The average molecular weight is 442 g/mol. The van der Waals surface area contributed by atoms with Gasteiger partial charge in [-0.05, 0) is 43.3 Å². The molecule has 8 nitrogen and oxygen atoms in total. The van der Waals surface area contributed by atoms with Crippen LogP contribution in [0.2, 0.25) is 5.02 Å². The van der Waals surface area contributed by atoms with E-state index in [-0.39, 0.29) is 34.1 Å². The Morgan fingerprint density at radius 1 is 1.26 bits per heavy atom. The number of rotatable bonds is 6. The smallest absolute Gasteiger partial charge is 0.257 e. The minimum absolute atomic E-state index is 0.00706. The molecule has 158 valence electrons. The second kappa shape index (κ2) is 8.57. The molecule has 0 unspecified atom stereocenters. The van der Waals surface area contributed by atoms with Crippen LogP contribution >= 0.6 is 11.6 Å². The fraction of sp³-hybridized carbons (Fsp3) is 0.143. The monoisotopic (exact) mass is 441 g/mol. The Morgan fingerprint density at radius 2 is 2.03 bits per heavy atom. The molecule has 2 aromatic carbocycles. The molecule has 0 saturated heterocycles. The number of aromatic amines is 1. The number of carbonyl (C=O) groups is 1. The lowest BCUT2D eigenvalue weighted by molar-refractivity contribution is 0.0949. The number of H-pyrrole nitrogens is 1. The van der Waals surface area contributed by atoms with Crippen LogP contribution in [-0.2, 0) is 6.54 Å². The molecule has 1 amide bonds. The summed E-state index contributed by atoms with van der Waals surface area (Å²) in [5.74, 6) is 0.778. The zero-order valence-corrected chi connectivity index (χ0v) is 17.3. The predicted molar refractivity (Wildman–Crippen MR) is 111 cm³/mol. The first-order chi connectivity index (χ1) is 15.0. The Kier molecular flexibility index (Phi) is 5.68. The van der Waals surface area contributed by atoms with E-state index in [2.05, 4.69) is 25.7 Å². The minimum atomic E-state index is -0.603. The van der Waals surface area contributed by atoms with Crippen molar-refractivity contribution in [3.63, 3.8) is 0 Å². The molecular weight excluding hydrogens is 425 g/mol. The summed E-state index contributed by atoms with van der Waals surface area (Å²) in [7, 11) is 1.59. The van der Waals surface area contributed by atoms with Gasteiger partial charge in [-0.25, -0.2) is 9.37 Å². The number of aromatic nitrogens is 4. The highest BCUT2D eigenvalue weighted by atomic mass is 35.5. The van der Waals surface area contributed by atoms with Crippen LogP contribution in [0.3, 0.4) is 0 Å². The summed E-state index contributed by atoms with van der Waals surface area (Å²) in [5, 5.41) is 13.6. The molecule has 0 radical (unpaired) electrons. The van der Waals surface area contributed by atoms with Gasteiger partial charge in [-0.3, -0.25) is 9.89 Å². The highest BCUT2D eigenvalue weighted by Crippen LogP contribution is 2.33. The first-order valence-electron chi connectivity index (χ1n) is 9.22. The lowest BCUT2D eigenvalue weighted by atomic mass is 10.0. The van der Waals surface area contributed by atoms with Crippen LogP contribution in [0.1, 0.15) is 21.9 Å². The van der Waals surface area contributed by atoms with E-state index >= 15 is 0 Å². The lowest BCUT2D eigenvalue weighted by Crippen LogP contribution is -2.24. The van der Waals surface area contributed by atoms with Gasteiger partial charge < -0.3 is 14.6 Å². The number of nitrogens with zero attached hydrogens (tertiary/aromatic N) is 3. The van der Waals surface area contributed by atoms with Crippen molar-refractivity contribution in [2.75, 3.05) is 7.11 Å². The van der Waals surface area contributed by atoms with Crippen molar-refractivity contribution in [3.05, 3.63) is 70.5 Å². The summed E-state index contributed by atoms with van der Waals surface area (Å²) >= 11 is 6.12. The predicted octanol–water partition coefficient (Wildman–Crippen LogP) is 4.17. The SMILES string of the molecule is COc1ccc(-c2n[nH]c(CNC(=O)c3c(-c4c(F)cccc4Cl)noc3C)n2)cc1. The molecule has 0 aliphatic rings. The van der Waals surface area contributed by atoms with Gasteiger partial charge in [-0.2, -0.15) is 5.10 Å². The third kappa shape index (κ3) is 4.13. The Balaban J connectivity index is 1.51. The molecule has 0 bridgehead atoms. The molecule has 0 fully saturated rings. The summed E-state index contributed by atoms with van der Waals surface area (Å²) in [5.41, 5.74) is 0.935. The summed E-state index contributed by atoms with van der Waals surface area (Å²) in [6.07, 6.45) is 0. The Labute approximate surface area is 181 Å². The maximum absolute atomic E-state index is 14.3. The van der Waals surface area contributed by atoms with Crippen LogP contribution < -0.4 is 10.1 Å². The lowest BCUT2D eigenvalue weighted by Gasteiger charge is -2.06. The van der Waals surface area contributed by atoms with E-state index in [1.165, 1.54) is 18.2 Å². The van der Waals surface area contributed by atoms with Crippen LogP contribution in [0.4, 0.5) is 4.39 Å². The summed E-state index contributed by atoms with van der Waals surface area (Å²) in [4.78, 5) is 17.2. The Hall–Kier alpha value is -3.72. The van der Waals surface area contributed by atoms with Crippen LogP contribution in [0.5, 0.6) is 5.75 Å². The van der Waals surface area contributed by atoms with Crippen molar-refractivity contribution >= 4 is 17.5 Å². The molecule has 2 heterocycles. The first-order valence-corrected chi connectivity index (χ1v) is 9.60. The van der Waals surface area contributed by atoms with Crippen LogP contribution in [0, 0.1) is 12.7 Å². The molecule has 0 aliphatic carbocycles. The second-order valence-electron chi connectivity index (χ2n) is 6.58. The Morgan fingerprint density at radius 3 is 2.74 bits per heavy atom. The van der Waals surface area contributed by atoms with Crippen molar-refractivity contribution in [1.82, 2.24) is 25.7 Å². The van der Waals surface area contributed by atoms with E-state index in [1.54, 1.807) is 26.2 Å². The van der Waals surface area contributed by atoms with Crippen molar-refractivity contribution in [2.24, 2.45) is 0 Å². The zero-order valence-electron chi connectivity index (χ0n) is 16.6. The molecule has 0 aliphatic heterocycles. The average Bonchev–Trinajstić information content (AvgIpc) is 3.39. The number of amides is 1. The highest BCUT2D eigenvalue weighted by Gasteiger charge is 2.25. The van der Waals surface area contributed by atoms with E-state index < -0.39 is 11.7 Å². The van der Waals surface area contributed by atoms with Crippen LogP contribution in [0.25, 0.3) is 22.6 Å². The molecule has 0 saturated carbocycles. The van der Waals surface area contributed by atoms with E-state index in [0.717, 1.165) is 11.3 Å². The maximum atomic E-state index is 14.3. The Bertz CT molecular complexity index is 1220. The summed E-state index contributed by atoms with van der Waals surface area (Å²) in [6.45, 7) is 1.63. The van der Waals surface area contributed by atoms with Gasteiger partial charge in [0, 0.05) is 5.56 Å². The largest absolute Gasteiger partial charge is 0.497 e. The molecule has 4 rings (SSSR count). The van der Waals surface area contributed by atoms with Gasteiger partial charge in [0.2, 0.25) is 0 Å². The van der Waals surface area contributed by atoms with E-state index in [0.29, 0.717) is 11.6 Å². The molecule has 4 aromatic rings. The highest BCUT2D eigenvalue weighted by molar-refractivity contribution is 6.33. The van der Waals surface area contributed by atoms with Crippen molar-refractivity contribution in [3.8, 4) is 28.4 Å². The normalized spacial score (nSPS) is 10.8. The van der Waals surface area contributed by atoms with Crippen LogP contribution in [-0.4, -0.2) is 33.4 Å². The number of benzene rings is 2. The van der Waals surface area contributed by atoms with Gasteiger partial charge in [0.1, 0.15) is 34.4 Å². The van der Waals surface area contributed by atoms with Gasteiger partial charge in [0.15, 0.2) is 5.82 Å². The van der Waals surface area contributed by atoms with E-state index in [4.69, 9.17) is 20.9 Å². The minimum Gasteiger partial charge on any atom is -0.497 e. The van der Waals surface area contributed by atoms with Gasteiger partial charge in [-0.1, -0.05) is 22.8 Å². The number of aryl methyl sites for hydroxylation is 1. The van der Waals surface area contributed by atoms with Crippen LogP contribution in [0.15, 0.2) is 47.0 Å². The van der Waals surface area contributed by atoms with E-state index in [9.17, 15) is 9.18 Å². The number of halogens is 2. The third-order valence-electron chi connectivity index (χ3n) is 4.59. The molecular formula is C21H17ClFN5O3. The molecule has 0 atom stereocenters. The maximum Gasteiger partial charge on any atom is 0.257 e. The van der Waals surface area contributed by atoms with Gasteiger partial charge in [-0.15, -0.1) is 0 Å². The van der Waals surface area contributed by atoms with Crippen molar-refractivity contribution < 1.29 is 18.4 Å². The van der Waals surface area contributed by atoms with E-state index in [1.807, 2.05) is 12.1 Å². The van der Waals surface area contributed by atoms with Gasteiger partial charge >= 0.3 is 0 Å². The van der Waals surface area contributed by atoms with Crippen molar-refractivity contribution in [2.45, 2.75) is 13.5 Å². The van der Waals surface area contributed by atoms with Crippen molar-refractivity contribution in [1.29, 1.82) is 0 Å². The summed E-state index contributed by atoms with van der Waals surface area (Å²) < 4.78 is 24.6. The molecule has 10 heteroatoms. The van der Waals surface area contributed by atoms with Gasteiger partial charge in [0.25, 0.3) is 5.91 Å². The first kappa shape index (κ1) is 20.5. The zero-order chi connectivity index (χ0) is 22.0. The number of nitrogens with one attached hydrogen (secondary N) is 2. The molecule has 31 heavy (non-hydrogen) atoms. The number of hydrogen-bond donors (Lipinski definition) is 2. The number of ether oxygens (including phenoxy) is 1.